The molecule has 39 heavy (non-hydrogen) atoms. The highest BCUT2D eigenvalue weighted by Gasteiger charge is 2.34. The molecular weight excluding hydrogens is 552 g/mol. The Hall–Kier alpha value is -4.94. The zero-order chi connectivity index (χ0) is 28.0. The fraction of sp³-hybridized carbons (Fsp3) is 0. The van der Waals surface area contributed by atoms with Crippen LogP contribution in [0.15, 0.2) is 108 Å². The fourth-order valence-electron chi connectivity index (χ4n) is 3.22. The lowest BCUT2D eigenvalue weighted by Gasteiger charge is -2.22. The third-order valence-corrected chi connectivity index (χ3v) is 6.99. The van der Waals surface area contributed by atoms with E-state index in [1.165, 1.54) is 36.4 Å². The number of sulfonamides is 1. The number of amides is 1. The predicted octanol–water partition coefficient (Wildman–Crippen LogP) is 6.22. The van der Waals surface area contributed by atoms with Gasteiger partial charge >= 0.3 is 12.2 Å². The molecule has 0 N–H and O–H groups in total. The molecule has 0 saturated heterocycles. The maximum Gasteiger partial charge on any atom is 0.519 e. The number of anilines is 1. The van der Waals surface area contributed by atoms with Gasteiger partial charge in [-0.1, -0.05) is 48.0 Å². The highest BCUT2D eigenvalue weighted by molar-refractivity contribution is 7.93. The predicted molar refractivity (Wildman–Crippen MR) is 140 cm³/mol. The highest BCUT2D eigenvalue weighted by Crippen LogP contribution is 2.32. The molecule has 0 aromatic heterocycles. The van der Waals surface area contributed by atoms with Gasteiger partial charge < -0.3 is 14.2 Å². The monoisotopic (exact) mass is 568 g/mol. The van der Waals surface area contributed by atoms with Gasteiger partial charge in [-0.15, -0.1) is 0 Å². The molecule has 0 heterocycles. The summed E-state index contributed by atoms with van der Waals surface area (Å²) in [6.45, 7) is 0. The van der Waals surface area contributed by atoms with Crippen molar-refractivity contribution >= 4 is 45.2 Å². The number of benzene rings is 4. The van der Waals surface area contributed by atoms with E-state index < -0.39 is 37.8 Å². The number of ether oxygens (including phenoxy) is 3. The van der Waals surface area contributed by atoms with Gasteiger partial charge in [0.15, 0.2) is 0 Å². The Morgan fingerprint density at radius 3 is 1.79 bits per heavy atom. The smallest absolute Gasteiger partial charge is 0.409 e. The van der Waals surface area contributed by atoms with Crippen LogP contribution < -0.4 is 18.5 Å². The fourth-order valence-corrected chi connectivity index (χ4v) is 4.75. The number of carbonyl (C=O) groups excluding carboxylic acids is 2. The second kappa shape index (κ2) is 11.6. The van der Waals surface area contributed by atoms with Crippen LogP contribution in [-0.2, 0) is 10.0 Å². The Morgan fingerprint density at radius 2 is 1.26 bits per heavy atom. The molecule has 1 amide bonds. The van der Waals surface area contributed by atoms with E-state index in [1.807, 2.05) is 0 Å². The number of rotatable bonds is 7. The second-order valence-corrected chi connectivity index (χ2v) is 9.78. The summed E-state index contributed by atoms with van der Waals surface area (Å²) in [7, 11) is -4.76. The second-order valence-electron chi connectivity index (χ2n) is 7.58. The molecule has 0 aliphatic carbocycles. The summed E-state index contributed by atoms with van der Waals surface area (Å²) in [6, 6.07) is 23.4. The summed E-state index contributed by atoms with van der Waals surface area (Å²) in [5.41, 5.74) is -0.882. The van der Waals surface area contributed by atoms with Crippen LogP contribution in [0.2, 0.25) is 5.02 Å². The summed E-state index contributed by atoms with van der Waals surface area (Å²) in [5.74, 6) is 0.279. The van der Waals surface area contributed by atoms with Crippen LogP contribution in [0.3, 0.4) is 0 Å². The van der Waals surface area contributed by atoms with Crippen molar-refractivity contribution in [3.63, 3.8) is 0 Å². The molecule has 0 bridgehead atoms. The third-order valence-electron chi connectivity index (χ3n) is 4.98. The number of halogens is 1. The van der Waals surface area contributed by atoms with Crippen molar-refractivity contribution in [3.8, 4) is 17.2 Å². The Labute approximate surface area is 226 Å². The molecule has 0 saturated carbocycles. The zero-order valence-corrected chi connectivity index (χ0v) is 21.2. The molecule has 0 unspecified atom stereocenters. The van der Waals surface area contributed by atoms with Gasteiger partial charge in [0.25, 0.3) is 15.7 Å². The maximum atomic E-state index is 13.6. The van der Waals surface area contributed by atoms with E-state index in [9.17, 15) is 28.1 Å². The van der Waals surface area contributed by atoms with E-state index in [-0.39, 0.29) is 28.0 Å². The number of nitrogens with zero attached hydrogens (tertiary/aromatic N) is 2. The number of carbonyl (C=O) groups is 2. The van der Waals surface area contributed by atoms with Gasteiger partial charge in [-0.3, -0.25) is 10.1 Å². The first kappa shape index (κ1) is 27.1. The maximum absolute atomic E-state index is 13.6. The Balaban J connectivity index is 1.66. The van der Waals surface area contributed by atoms with E-state index in [1.54, 1.807) is 48.5 Å². The molecule has 0 spiro atoms. The van der Waals surface area contributed by atoms with Crippen molar-refractivity contribution in [3.05, 3.63) is 118 Å². The lowest BCUT2D eigenvalue weighted by atomic mass is 10.3. The van der Waals surface area contributed by atoms with Crippen LogP contribution in [-0.4, -0.2) is 25.6 Å². The van der Waals surface area contributed by atoms with Gasteiger partial charge in [0.05, 0.1) is 15.5 Å². The molecule has 4 aromatic rings. The van der Waals surface area contributed by atoms with Crippen molar-refractivity contribution in [2.75, 3.05) is 4.31 Å². The molecule has 0 aliphatic heterocycles. The molecule has 0 radical (unpaired) electrons. The summed E-state index contributed by atoms with van der Waals surface area (Å²) in [4.78, 5) is 35.1. The lowest BCUT2D eigenvalue weighted by molar-refractivity contribution is -0.384. The van der Waals surface area contributed by atoms with E-state index in [0.717, 1.165) is 18.2 Å². The first-order valence-corrected chi connectivity index (χ1v) is 12.8. The van der Waals surface area contributed by atoms with Crippen molar-refractivity contribution < 1.29 is 37.1 Å². The van der Waals surface area contributed by atoms with Gasteiger partial charge in [0.2, 0.25) is 0 Å². The summed E-state index contributed by atoms with van der Waals surface area (Å²) >= 11 is 5.82. The molecule has 198 valence electrons. The first-order valence-electron chi connectivity index (χ1n) is 11.0. The first-order chi connectivity index (χ1) is 18.6. The minimum absolute atomic E-state index is 0.0180. The normalized spacial score (nSPS) is 10.8. The summed E-state index contributed by atoms with van der Waals surface area (Å²) < 4.78 is 42.8. The highest BCUT2D eigenvalue weighted by atomic mass is 35.5. The van der Waals surface area contributed by atoms with Crippen molar-refractivity contribution in [2.45, 2.75) is 4.90 Å². The van der Waals surface area contributed by atoms with Gasteiger partial charge in [-0.05, 0) is 60.7 Å². The number of nitro groups is 1. The Bertz CT molecular complexity index is 1610. The quantitative estimate of drug-likeness (QED) is 0.110. The SMILES string of the molecule is O=C(Oc1ccccc1)Oc1ccc(N(C(=O)Oc2ccccc2)S(=O)(=O)c2ccc(Cl)c([N+](=O)[O-])c2)cc1. The third kappa shape index (κ3) is 6.50. The molecule has 4 rings (SSSR count). The van der Waals surface area contributed by atoms with Crippen LogP contribution >= 0.6 is 11.6 Å². The molecular formula is C26H17ClN2O9S. The van der Waals surface area contributed by atoms with Gasteiger partial charge in [-0.2, -0.15) is 4.31 Å². The minimum atomic E-state index is -4.76. The average Bonchev–Trinajstić information content (AvgIpc) is 2.90. The van der Waals surface area contributed by atoms with E-state index in [0.29, 0.717) is 4.31 Å². The minimum Gasteiger partial charge on any atom is -0.409 e. The van der Waals surface area contributed by atoms with Crippen LogP contribution in [0.4, 0.5) is 21.0 Å². The topological polar surface area (TPSA) is 142 Å². The number of hydrogen-bond acceptors (Lipinski definition) is 9. The van der Waals surface area contributed by atoms with Crippen LogP contribution in [0.5, 0.6) is 17.2 Å². The Kier molecular flexibility index (Phi) is 8.08. The average molecular weight is 569 g/mol. The van der Waals surface area contributed by atoms with Crippen molar-refractivity contribution in [1.82, 2.24) is 0 Å². The molecule has 4 aromatic carbocycles. The van der Waals surface area contributed by atoms with Crippen LogP contribution in [0.25, 0.3) is 0 Å². The summed E-state index contributed by atoms with van der Waals surface area (Å²) in [6.07, 6.45) is -2.37. The Morgan fingerprint density at radius 1 is 0.744 bits per heavy atom. The van der Waals surface area contributed by atoms with E-state index in [2.05, 4.69) is 0 Å². The van der Waals surface area contributed by atoms with Gasteiger partial charge in [0, 0.05) is 6.07 Å². The van der Waals surface area contributed by atoms with E-state index >= 15 is 0 Å². The van der Waals surface area contributed by atoms with Crippen LogP contribution in [0, 0.1) is 10.1 Å². The van der Waals surface area contributed by atoms with Crippen LogP contribution in [0.1, 0.15) is 0 Å². The summed E-state index contributed by atoms with van der Waals surface area (Å²) in [5, 5.41) is 11.0. The van der Waals surface area contributed by atoms with Crippen molar-refractivity contribution in [2.24, 2.45) is 0 Å². The zero-order valence-electron chi connectivity index (χ0n) is 19.7. The lowest BCUT2D eigenvalue weighted by Crippen LogP contribution is -2.39. The molecule has 11 nitrogen and oxygen atoms in total. The number of nitro benzene ring substituents is 1. The van der Waals surface area contributed by atoms with Gasteiger partial charge in [-0.25, -0.2) is 18.0 Å². The number of para-hydroxylation sites is 2. The molecule has 0 aliphatic rings. The standard InChI is InChI=1S/C26H17ClN2O9S/c27-23-16-15-22(17-24(23)29(32)33)39(34,35)28(25(30)36-19-7-3-1-4-8-19)18-11-13-21(14-12-18)38-26(31)37-20-9-5-2-6-10-20/h1-17H. The molecule has 13 heteroatoms. The largest absolute Gasteiger partial charge is 0.519 e. The molecule has 0 atom stereocenters. The van der Waals surface area contributed by atoms with Gasteiger partial charge in [0.1, 0.15) is 22.3 Å². The number of hydrogen-bond donors (Lipinski definition) is 0. The molecule has 0 fully saturated rings. The van der Waals surface area contributed by atoms with Crippen molar-refractivity contribution in [1.29, 1.82) is 0 Å². The van der Waals surface area contributed by atoms with E-state index in [4.69, 9.17) is 25.8 Å².